The van der Waals surface area contributed by atoms with E-state index >= 15 is 0 Å². The largest absolute Gasteiger partial charge is 0.373 e. The maximum Gasteiger partial charge on any atom is 0.273 e. The number of amides is 1. The summed E-state index contributed by atoms with van der Waals surface area (Å²) in [6.45, 7) is 2.27. The lowest BCUT2D eigenvalue weighted by Gasteiger charge is -2.19. The van der Waals surface area contributed by atoms with Crippen molar-refractivity contribution in [2.24, 2.45) is 5.73 Å². The van der Waals surface area contributed by atoms with Gasteiger partial charge < -0.3 is 16.0 Å². The van der Waals surface area contributed by atoms with E-state index in [2.05, 4.69) is 20.5 Å². The molecule has 0 unspecified atom stereocenters. The van der Waals surface area contributed by atoms with Crippen molar-refractivity contribution in [1.82, 2.24) is 20.3 Å². The van der Waals surface area contributed by atoms with Crippen molar-refractivity contribution in [2.75, 3.05) is 31.6 Å². The molecule has 1 amide bonds. The van der Waals surface area contributed by atoms with E-state index in [0.717, 1.165) is 5.69 Å². The first-order valence-electron chi connectivity index (χ1n) is 6.85. The van der Waals surface area contributed by atoms with Crippen molar-refractivity contribution in [3.05, 3.63) is 42.2 Å². The summed E-state index contributed by atoms with van der Waals surface area (Å²) in [5, 5.41) is 10.5. The minimum absolute atomic E-state index is 0.222. The highest BCUT2D eigenvalue weighted by Gasteiger charge is 2.10. The Morgan fingerprint density at radius 3 is 2.86 bits per heavy atom. The summed E-state index contributed by atoms with van der Waals surface area (Å²) in [6.07, 6.45) is 1.60. The molecule has 112 valence electrons. The summed E-state index contributed by atoms with van der Waals surface area (Å²) < 4.78 is 1.56. The third-order valence-electron chi connectivity index (χ3n) is 3.06. The van der Waals surface area contributed by atoms with Gasteiger partial charge in [0.1, 0.15) is 0 Å². The average Bonchev–Trinajstić information content (AvgIpc) is 2.97. The monoisotopic (exact) mass is 288 g/mol. The van der Waals surface area contributed by atoms with Crippen molar-refractivity contribution in [3.63, 3.8) is 0 Å². The fraction of sp³-hybridized carbons (Fsp3) is 0.357. The van der Waals surface area contributed by atoms with Crippen LogP contribution in [0.3, 0.4) is 0 Å². The van der Waals surface area contributed by atoms with Gasteiger partial charge in [-0.1, -0.05) is 23.4 Å². The van der Waals surface area contributed by atoms with Crippen LogP contribution in [0.15, 0.2) is 36.5 Å². The number of nitrogens with two attached hydrogens (primary N) is 1. The minimum atomic E-state index is -0.222. The molecule has 0 spiro atoms. The third-order valence-corrected chi connectivity index (χ3v) is 3.06. The molecular weight excluding hydrogens is 268 g/mol. The lowest BCUT2D eigenvalue weighted by molar-refractivity contribution is 0.0949. The topological polar surface area (TPSA) is 89.1 Å². The molecule has 0 fully saturated rings. The number of rotatable bonds is 7. The van der Waals surface area contributed by atoms with Gasteiger partial charge >= 0.3 is 0 Å². The molecular formula is C14H20N6O. The Hall–Kier alpha value is -2.41. The molecule has 1 aromatic heterocycles. The summed E-state index contributed by atoms with van der Waals surface area (Å²) >= 11 is 0. The van der Waals surface area contributed by atoms with Crippen LogP contribution < -0.4 is 16.0 Å². The Morgan fingerprint density at radius 1 is 1.38 bits per heavy atom. The zero-order valence-electron chi connectivity index (χ0n) is 12.1. The standard InChI is InChI=1S/C14H20N6O/c1-19(12-5-3-2-4-6-12)10-8-16-14(21)13-11-20(9-7-15)18-17-13/h2-6,11H,7-10,15H2,1H3,(H,16,21). The van der Waals surface area contributed by atoms with E-state index in [4.69, 9.17) is 5.73 Å². The number of aromatic nitrogens is 3. The van der Waals surface area contributed by atoms with Crippen LogP contribution in [0, 0.1) is 0 Å². The number of hydrogen-bond donors (Lipinski definition) is 2. The maximum absolute atomic E-state index is 11.9. The molecule has 1 heterocycles. The van der Waals surface area contributed by atoms with Gasteiger partial charge in [-0.2, -0.15) is 0 Å². The molecule has 0 saturated carbocycles. The second-order valence-electron chi connectivity index (χ2n) is 4.67. The van der Waals surface area contributed by atoms with E-state index in [1.165, 1.54) is 0 Å². The van der Waals surface area contributed by atoms with Crippen molar-refractivity contribution in [2.45, 2.75) is 6.54 Å². The number of para-hydroxylation sites is 1. The highest BCUT2D eigenvalue weighted by atomic mass is 16.2. The first-order chi connectivity index (χ1) is 10.2. The van der Waals surface area contributed by atoms with E-state index < -0.39 is 0 Å². The Kier molecular flexibility index (Phi) is 5.28. The van der Waals surface area contributed by atoms with Crippen LogP contribution >= 0.6 is 0 Å². The number of nitrogens with one attached hydrogen (secondary N) is 1. The fourth-order valence-corrected chi connectivity index (χ4v) is 1.88. The molecule has 0 aliphatic heterocycles. The van der Waals surface area contributed by atoms with E-state index in [1.54, 1.807) is 10.9 Å². The van der Waals surface area contributed by atoms with Gasteiger partial charge in [0.15, 0.2) is 5.69 Å². The summed E-state index contributed by atoms with van der Waals surface area (Å²) in [5.41, 5.74) is 6.84. The molecule has 0 aliphatic carbocycles. The molecule has 3 N–H and O–H groups in total. The number of carbonyl (C=O) groups is 1. The van der Waals surface area contributed by atoms with Crippen LogP contribution in [0.25, 0.3) is 0 Å². The van der Waals surface area contributed by atoms with E-state index in [1.807, 2.05) is 37.4 Å². The molecule has 0 aliphatic rings. The van der Waals surface area contributed by atoms with Gasteiger partial charge in [-0.15, -0.1) is 5.10 Å². The molecule has 0 radical (unpaired) electrons. The summed E-state index contributed by atoms with van der Waals surface area (Å²) in [5.74, 6) is -0.222. The Labute approximate surface area is 123 Å². The van der Waals surface area contributed by atoms with Crippen LogP contribution in [-0.4, -0.2) is 47.6 Å². The number of anilines is 1. The highest BCUT2D eigenvalue weighted by molar-refractivity contribution is 5.91. The zero-order valence-corrected chi connectivity index (χ0v) is 12.1. The molecule has 1 aromatic carbocycles. The Balaban J connectivity index is 1.78. The maximum atomic E-state index is 11.9. The van der Waals surface area contributed by atoms with Crippen LogP contribution in [0.5, 0.6) is 0 Å². The predicted molar refractivity (Wildman–Crippen MR) is 81.1 cm³/mol. The lowest BCUT2D eigenvalue weighted by atomic mass is 10.3. The van der Waals surface area contributed by atoms with Crippen molar-refractivity contribution in [1.29, 1.82) is 0 Å². The molecule has 0 atom stereocenters. The number of likely N-dealkylation sites (N-methyl/N-ethyl adjacent to an activating group) is 1. The van der Waals surface area contributed by atoms with Gasteiger partial charge in [0, 0.05) is 32.4 Å². The lowest BCUT2D eigenvalue weighted by Crippen LogP contribution is -2.33. The molecule has 0 saturated heterocycles. The quantitative estimate of drug-likeness (QED) is 0.754. The van der Waals surface area contributed by atoms with Crippen LogP contribution in [0.1, 0.15) is 10.5 Å². The molecule has 2 aromatic rings. The molecule has 7 heteroatoms. The number of nitrogens with zero attached hydrogens (tertiary/aromatic N) is 4. The summed E-state index contributed by atoms with van der Waals surface area (Å²) in [6, 6.07) is 10.0. The molecule has 0 bridgehead atoms. The van der Waals surface area contributed by atoms with Crippen molar-refractivity contribution < 1.29 is 4.79 Å². The van der Waals surface area contributed by atoms with E-state index in [9.17, 15) is 4.79 Å². The predicted octanol–water partition coefficient (Wildman–Crippen LogP) is 0.103. The number of hydrogen-bond acceptors (Lipinski definition) is 5. The van der Waals surface area contributed by atoms with Crippen LogP contribution in [0.2, 0.25) is 0 Å². The second kappa shape index (κ2) is 7.39. The smallest absolute Gasteiger partial charge is 0.273 e. The van der Waals surface area contributed by atoms with Crippen molar-refractivity contribution >= 4 is 11.6 Å². The number of benzene rings is 1. The Bertz CT molecular complexity index is 568. The van der Waals surface area contributed by atoms with Gasteiger partial charge in [0.05, 0.1) is 12.7 Å². The average molecular weight is 288 g/mol. The fourth-order valence-electron chi connectivity index (χ4n) is 1.88. The van der Waals surface area contributed by atoms with Gasteiger partial charge in [0.2, 0.25) is 0 Å². The van der Waals surface area contributed by atoms with Gasteiger partial charge in [-0.05, 0) is 12.1 Å². The number of carbonyl (C=O) groups excluding carboxylic acids is 1. The SMILES string of the molecule is CN(CCNC(=O)c1cn(CCN)nn1)c1ccccc1. The Morgan fingerprint density at radius 2 is 2.14 bits per heavy atom. The van der Waals surface area contributed by atoms with Gasteiger partial charge in [-0.3, -0.25) is 9.48 Å². The van der Waals surface area contributed by atoms with Crippen LogP contribution in [0.4, 0.5) is 5.69 Å². The van der Waals surface area contributed by atoms with Crippen molar-refractivity contribution in [3.8, 4) is 0 Å². The van der Waals surface area contributed by atoms with Crippen LogP contribution in [-0.2, 0) is 6.54 Å². The normalized spacial score (nSPS) is 10.4. The van der Waals surface area contributed by atoms with Gasteiger partial charge in [0.25, 0.3) is 5.91 Å². The van der Waals surface area contributed by atoms with E-state index in [0.29, 0.717) is 31.9 Å². The van der Waals surface area contributed by atoms with Gasteiger partial charge in [-0.25, -0.2) is 0 Å². The summed E-state index contributed by atoms with van der Waals surface area (Å²) in [4.78, 5) is 14.0. The van der Waals surface area contributed by atoms with E-state index in [-0.39, 0.29) is 5.91 Å². The zero-order chi connectivity index (χ0) is 15.1. The third kappa shape index (κ3) is 4.28. The molecule has 2 rings (SSSR count). The minimum Gasteiger partial charge on any atom is -0.373 e. The highest BCUT2D eigenvalue weighted by Crippen LogP contribution is 2.09. The summed E-state index contributed by atoms with van der Waals surface area (Å²) in [7, 11) is 1.99. The first-order valence-corrected chi connectivity index (χ1v) is 6.85. The second-order valence-corrected chi connectivity index (χ2v) is 4.67. The first kappa shape index (κ1) is 15.0. The molecule has 21 heavy (non-hydrogen) atoms. The molecule has 7 nitrogen and oxygen atoms in total.